The van der Waals surface area contributed by atoms with Gasteiger partial charge in [0.25, 0.3) is 0 Å². The van der Waals surface area contributed by atoms with Gasteiger partial charge in [0.1, 0.15) is 11.6 Å². The van der Waals surface area contributed by atoms with Crippen molar-refractivity contribution in [1.29, 1.82) is 0 Å². The minimum atomic E-state index is -0.285. The minimum absolute atomic E-state index is 0.285. The van der Waals surface area contributed by atoms with E-state index in [0.29, 0.717) is 6.04 Å². The number of halogens is 1. The number of hydrogen-bond acceptors (Lipinski definition) is 2. The first-order valence-corrected chi connectivity index (χ1v) is 5.14. The van der Waals surface area contributed by atoms with Gasteiger partial charge in [-0.3, -0.25) is 0 Å². The van der Waals surface area contributed by atoms with Gasteiger partial charge >= 0.3 is 0 Å². The van der Waals surface area contributed by atoms with Crippen molar-refractivity contribution in [2.45, 2.75) is 32.2 Å². The van der Waals surface area contributed by atoms with Crippen molar-refractivity contribution in [3.63, 3.8) is 0 Å². The molecule has 0 bridgehead atoms. The Labute approximate surface area is 83.6 Å². The number of anilines is 1. The van der Waals surface area contributed by atoms with Crippen molar-refractivity contribution in [2.24, 2.45) is 5.92 Å². The highest BCUT2D eigenvalue weighted by molar-refractivity contribution is 5.34. The molecule has 3 heteroatoms. The van der Waals surface area contributed by atoms with Crippen LogP contribution in [0.5, 0.6) is 0 Å². The van der Waals surface area contributed by atoms with E-state index in [1.165, 1.54) is 31.5 Å². The van der Waals surface area contributed by atoms with Crippen molar-refractivity contribution in [2.75, 3.05) is 5.32 Å². The van der Waals surface area contributed by atoms with E-state index >= 15 is 0 Å². The van der Waals surface area contributed by atoms with E-state index in [0.717, 1.165) is 11.7 Å². The Hall–Kier alpha value is -1.12. The molecule has 1 atom stereocenters. The van der Waals surface area contributed by atoms with Gasteiger partial charge in [0.2, 0.25) is 0 Å². The number of hydrogen-bond donors (Lipinski definition) is 1. The van der Waals surface area contributed by atoms with Gasteiger partial charge in [-0.1, -0.05) is 6.42 Å². The van der Waals surface area contributed by atoms with Crippen LogP contribution in [0, 0.1) is 11.7 Å². The number of nitrogens with one attached hydrogen (secondary N) is 1. The maximum absolute atomic E-state index is 12.6. The van der Waals surface area contributed by atoms with Gasteiger partial charge in [-0.05, 0) is 37.8 Å². The smallest absolute Gasteiger partial charge is 0.141 e. The highest BCUT2D eigenvalue weighted by Gasteiger charge is 2.23. The summed E-state index contributed by atoms with van der Waals surface area (Å²) in [5.41, 5.74) is 0. The molecule has 0 unspecified atom stereocenters. The predicted octanol–water partition coefficient (Wildman–Crippen LogP) is 2.82. The third kappa shape index (κ3) is 2.03. The molecule has 1 aromatic heterocycles. The third-order valence-corrected chi connectivity index (χ3v) is 2.96. The van der Waals surface area contributed by atoms with Crippen LogP contribution in [-0.2, 0) is 0 Å². The number of pyridine rings is 1. The van der Waals surface area contributed by atoms with Crippen LogP contribution >= 0.6 is 0 Å². The molecule has 1 aliphatic rings. The summed E-state index contributed by atoms with van der Waals surface area (Å²) in [5.74, 6) is 1.25. The van der Waals surface area contributed by atoms with Gasteiger partial charge in [-0.15, -0.1) is 0 Å². The summed E-state index contributed by atoms with van der Waals surface area (Å²) in [5, 5.41) is 3.29. The Morgan fingerprint density at radius 3 is 2.79 bits per heavy atom. The monoisotopic (exact) mass is 194 g/mol. The second-order valence-corrected chi connectivity index (χ2v) is 3.99. The fourth-order valence-electron chi connectivity index (χ4n) is 1.75. The molecule has 1 heterocycles. The Kier molecular flexibility index (Phi) is 2.66. The van der Waals surface area contributed by atoms with E-state index < -0.39 is 0 Å². The summed E-state index contributed by atoms with van der Waals surface area (Å²) in [7, 11) is 0. The van der Waals surface area contributed by atoms with Crippen molar-refractivity contribution < 1.29 is 4.39 Å². The van der Waals surface area contributed by atoms with Crippen LogP contribution in [0.4, 0.5) is 10.2 Å². The minimum Gasteiger partial charge on any atom is -0.367 e. The lowest BCUT2D eigenvalue weighted by molar-refractivity contribution is 0.285. The SMILES string of the molecule is C[C@@H](Nc1ccc(F)cn1)C1CCC1. The van der Waals surface area contributed by atoms with Gasteiger partial charge in [-0.2, -0.15) is 0 Å². The van der Waals surface area contributed by atoms with Gasteiger partial charge in [0.05, 0.1) is 6.20 Å². The Morgan fingerprint density at radius 2 is 2.29 bits per heavy atom. The van der Waals surface area contributed by atoms with Crippen LogP contribution in [0.25, 0.3) is 0 Å². The van der Waals surface area contributed by atoms with Crippen molar-refractivity contribution >= 4 is 5.82 Å². The zero-order chi connectivity index (χ0) is 9.97. The molecule has 1 fully saturated rings. The average molecular weight is 194 g/mol. The number of rotatable bonds is 3. The molecule has 0 aliphatic heterocycles. The van der Waals surface area contributed by atoms with E-state index in [4.69, 9.17) is 0 Å². The highest BCUT2D eigenvalue weighted by Crippen LogP contribution is 2.30. The van der Waals surface area contributed by atoms with E-state index in [1.54, 1.807) is 6.07 Å². The third-order valence-electron chi connectivity index (χ3n) is 2.96. The molecule has 0 saturated heterocycles. The molecular formula is C11H15FN2. The lowest BCUT2D eigenvalue weighted by Gasteiger charge is -2.32. The molecule has 2 rings (SSSR count). The zero-order valence-corrected chi connectivity index (χ0v) is 8.33. The van der Waals surface area contributed by atoms with Crippen molar-refractivity contribution in [1.82, 2.24) is 4.98 Å². The van der Waals surface area contributed by atoms with Crippen molar-refractivity contribution in [3.8, 4) is 0 Å². The molecule has 1 N–H and O–H groups in total. The van der Waals surface area contributed by atoms with Gasteiger partial charge < -0.3 is 5.32 Å². The Bertz CT molecular complexity index is 293. The maximum atomic E-state index is 12.6. The molecule has 1 aliphatic carbocycles. The topological polar surface area (TPSA) is 24.9 Å². The Balaban J connectivity index is 1.92. The van der Waals surface area contributed by atoms with Crippen LogP contribution in [-0.4, -0.2) is 11.0 Å². The number of aromatic nitrogens is 1. The lowest BCUT2D eigenvalue weighted by Crippen LogP contribution is -2.31. The van der Waals surface area contributed by atoms with Gasteiger partial charge in [-0.25, -0.2) is 9.37 Å². The molecule has 14 heavy (non-hydrogen) atoms. The fourth-order valence-corrected chi connectivity index (χ4v) is 1.75. The molecular weight excluding hydrogens is 179 g/mol. The normalized spacial score (nSPS) is 18.7. The fraction of sp³-hybridized carbons (Fsp3) is 0.545. The van der Waals surface area contributed by atoms with Crippen LogP contribution < -0.4 is 5.32 Å². The Morgan fingerprint density at radius 1 is 1.50 bits per heavy atom. The molecule has 0 aromatic carbocycles. The average Bonchev–Trinajstić information content (AvgIpc) is 2.06. The molecule has 76 valence electrons. The standard InChI is InChI=1S/C11H15FN2/c1-8(9-3-2-4-9)14-11-6-5-10(12)7-13-11/h5-9H,2-4H2,1H3,(H,13,14)/t8-/m1/s1. The highest BCUT2D eigenvalue weighted by atomic mass is 19.1. The second-order valence-electron chi connectivity index (χ2n) is 3.99. The molecule has 0 amide bonds. The maximum Gasteiger partial charge on any atom is 0.141 e. The van der Waals surface area contributed by atoms with Gasteiger partial charge in [0.15, 0.2) is 0 Å². The summed E-state index contributed by atoms with van der Waals surface area (Å²) in [6, 6.07) is 3.56. The largest absolute Gasteiger partial charge is 0.367 e. The molecule has 1 aromatic rings. The van der Waals surface area contributed by atoms with E-state index in [9.17, 15) is 4.39 Å². The number of nitrogens with zero attached hydrogens (tertiary/aromatic N) is 1. The van der Waals surface area contributed by atoms with E-state index in [1.807, 2.05) is 0 Å². The zero-order valence-electron chi connectivity index (χ0n) is 8.33. The summed E-state index contributed by atoms with van der Waals surface area (Å²) in [4.78, 5) is 3.97. The predicted molar refractivity (Wildman–Crippen MR) is 54.6 cm³/mol. The summed E-state index contributed by atoms with van der Waals surface area (Å²) in [6.45, 7) is 2.16. The molecule has 1 saturated carbocycles. The lowest BCUT2D eigenvalue weighted by atomic mass is 9.80. The van der Waals surface area contributed by atoms with E-state index in [-0.39, 0.29) is 5.82 Å². The second kappa shape index (κ2) is 3.95. The van der Waals surface area contributed by atoms with Crippen LogP contribution in [0.1, 0.15) is 26.2 Å². The summed E-state index contributed by atoms with van der Waals surface area (Å²) < 4.78 is 12.6. The quantitative estimate of drug-likeness (QED) is 0.800. The van der Waals surface area contributed by atoms with Gasteiger partial charge in [0, 0.05) is 6.04 Å². The van der Waals surface area contributed by atoms with Crippen molar-refractivity contribution in [3.05, 3.63) is 24.1 Å². The first-order chi connectivity index (χ1) is 6.75. The van der Waals surface area contributed by atoms with Crippen LogP contribution in [0.15, 0.2) is 18.3 Å². The first kappa shape index (κ1) is 9.44. The van der Waals surface area contributed by atoms with Crippen LogP contribution in [0.2, 0.25) is 0 Å². The van der Waals surface area contributed by atoms with Crippen LogP contribution in [0.3, 0.4) is 0 Å². The molecule has 2 nitrogen and oxygen atoms in total. The molecule has 0 spiro atoms. The first-order valence-electron chi connectivity index (χ1n) is 5.14. The summed E-state index contributed by atoms with van der Waals surface area (Å²) >= 11 is 0. The molecule has 0 radical (unpaired) electrons. The summed E-state index contributed by atoms with van der Waals surface area (Å²) in [6.07, 6.45) is 5.19. The van der Waals surface area contributed by atoms with E-state index in [2.05, 4.69) is 17.2 Å².